The lowest BCUT2D eigenvalue weighted by Crippen LogP contribution is -2.44. The zero-order valence-corrected chi connectivity index (χ0v) is 18.4. The van der Waals surface area contributed by atoms with Crippen molar-refractivity contribution in [1.82, 2.24) is 14.7 Å². The lowest BCUT2D eigenvalue weighted by atomic mass is 9.96. The van der Waals surface area contributed by atoms with Gasteiger partial charge in [0.05, 0.1) is 18.8 Å². The van der Waals surface area contributed by atoms with Crippen molar-refractivity contribution >= 4 is 17.4 Å². The van der Waals surface area contributed by atoms with E-state index in [0.717, 1.165) is 43.7 Å². The number of morpholine rings is 1. The molecule has 0 N–H and O–H groups in total. The molecule has 3 aliphatic rings. The molecule has 1 unspecified atom stereocenters. The van der Waals surface area contributed by atoms with E-state index >= 15 is 0 Å². The van der Waals surface area contributed by atoms with Crippen LogP contribution in [0.3, 0.4) is 0 Å². The molecule has 6 heteroatoms. The first kappa shape index (κ1) is 21.1. The SMILES string of the molecule is Cc1ccc(C2=C(N3CCCC(C)C3)C(=O)N(CCN3CCOCC3)C2=O)cc1C. The number of hydrogen-bond donors (Lipinski definition) is 0. The quantitative estimate of drug-likeness (QED) is 0.697. The highest BCUT2D eigenvalue weighted by molar-refractivity contribution is 6.35. The fourth-order valence-corrected chi connectivity index (χ4v) is 4.68. The molecule has 6 nitrogen and oxygen atoms in total. The maximum atomic E-state index is 13.5. The first-order valence-corrected chi connectivity index (χ1v) is 11.2. The van der Waals surface area contributed by atoms with Crippen LogP contribution in [-0.2, 0) is 14.3 Å². The van der Waals surface area contributed by atoms with Gasteiger partial charge in [-0.3, -0.25) is 19.4 Å². The van der Waals surface area contributed by atoms with E-state index in [-0.39, 0.29) is 11.8 Å². The minimum absolute atomic E-state index is 0.129. The second-order valence-electron chi connectivity index (χ2n) is 8.93. The maximum absolute atomic E-state index is 13.5. The van der Waals surface area contributed by atoms with Crippen molar-refractivity contribution in [2.24, 2.45) is 5.92 Å². The molecular formula is C24H33N3O3. The summed E-state index contributed by atoms with van der Waals surface area (Å²) in [6.45, 7) is 12.3. The summed E-state index contributed by atoms with van der Waals surface area (Å²) < 4.78 is 5.41. The van der Waals surface area contributed by atoms with Gasteiger partial charge in [-0.05, 0) is 49.3 Å². The topological polar surface area (TPSA) is 53.1 Å². The van der Waals surface area contributed by atoms with Crippen LogP contribution in [0.25, 0.3) is 5.57 Å². The van der Waals surface area contributed by atoms with Gasteiger partial charge < -0.3 is 9.64 Å². The van der Waals surface area contributed by atoms with Crippen LogP contribution >= 0.6 is 0 Å². The molecule has 0 bridgehead atoms. The van der Waals surface area contributed by atoms with Gasteiger partial charge in [0.1, 0.15) is 5.70 Å². The minimum Gasteiger partial charge on any atom is -0.379 e. The zero-order chi connectivity index (χ0) is 21.3. The molecule has 1 aromatic rings. The summed E-state index contributed by atoms with van der Waals surface area (Å²) in [5, 5.41) is 0. The fourth-order valence-electron chi connectivity index (χ4n) is 4.68. The van der Waals surface area contributed by atoms with Gasteiger partial charge in [-0.2, -0.15) is 0 Å². The lowest BCUT2D eigenvalue weighted by Gasteiger charge is -2.33. The summed E-state index contributed by atoms with van der Waals surface area (Å²) in [5.74, 6) is 0.248. The van der Waals surface area contributed by atoms with Gasteiger partial charge in [0.2, 0.25) is 0 Å². The number of imide groups is 1. The van der Waals surface area contributed by atoms with E-state index in [1.165, 1.54) is 16.9 Å². The smallest absolute Gasteiger partial charge is 0.277 e. The highest BCUT2D eigenvalue weighted by atomic mass is 16.5. The number of carbonyl (C=O) groups excluding carboxylic acids is 2. The van der Waals surface area contributed by atoms with E-state index in [9.17, 15) is 9.59 Å². The average molecular weight is 412 g/mol. The van der Waals surface area contributed by atoms with E-state index in [0.29, 0.717) is 43.5 Å². The lowest BCUT2D eigenvalue weighted by molar-refractivity contribution is -0.138. The number of benzene rings is 1. The highest BCUT2D eigenvalue weighted by Crippen LogP contribution is 2.34. The van der Waals surface area contributed by atoms with Crippen molar-refractivity contribution in [2.45, 2.75) is 33.6 Å². The third-order valence-corrected chi connectivity index (χ3v) is 6.66. The molecule has 3 aliphatic heterocycles. The van der Waals surface area contributed by atoms with Crippen LogP contribution in [0.5, 0.6) is 0 Å². The van der Waals surface area contributed by atoms with Crippen LogP contribution < -0.4 is 0 Å². The van der Waals surface area contributed by atoms with Crippen LogP contribution in [0.2, 0.25) is 0 Å². The average Bonchev–Trinajstić information content (AvgIpc) is 2.99. The monoisotopic (exact) mass is 411 g/mol. The first-order valence-electron chi connectivity index (χ1n) is 11.2. The Labute approximate surface area is 179 Å². The third kappa shape index (κ3) is 4.16. The molecule has 1 aromatic carbocycles. The van der Waals surface area contributed by atoms with Crippen molar-refractivity contribution in [3.63, 3.8) is 0 Å². The number of carbonyl (C=O) groups is 2. The Morgan fingerprint density at radius 1 is 1.00 bits per heavy atom. The molecule has 30 heavy (non-hydrogen) atoms. The summed E-state index contributed by atoms with van der Waals surface area (Å²) in [5.41, 5.74) is 4.38. The van der Waals surface area contributed by atoms with Gasteiger partial charge in [0.25, 0.3) is 11.8 Å². The molecule has 2 saturated heterocycles. The van der Waals surface area contributed by atoms with Crippen LogP contribution in [0.1, 0.15) is 36.5 Å². The van der Waals surface area contributed by atoms with Crippen LogP contribution in [0.4, 0.5) is 0 Å². The van der Waals surface area contributed by atoms with Crippen LogP contribution in [0, 0.1) is 19.8 Å². The molecule has 0 radical (unpaired) electrons. The second kappa shape index (κ2) is 8.90. The normalized spacial score (nSPS) is 23.6. The molecule has 162 valence electrons. The molecule has 4 rings (SSSR count). The summed E-state index contributed by atoms with van der Waals surface area (Å²) >= 11 is 0. The number of rotatable bonds is 5. The van der Waals surface area contributed by atoms with Crippen molar-refractivity contribution in [3.05, 3.63) is 40.6 Å². The van der Waals surface area contributed by atoms with Gasteiger partial charge in [-0.1, -0.05) is 25.1 Å². The molecule has 0 aliphatic carbocycles. The maximum Gasteiger partial charge on any atom is 0.277 e. The Morgan fingerprint density at radius 2 is 1.77 bits per heavy atom. The zero-order valence-electron chi connectivity index (χ0n) is 18.4. The minimum atomic E-state index is -0.148. The van der Waals surface area contributed by atoms with Crippen LogP contribution in [0.15, 0.2) is 23.9 Å². The van der Waals surface area contributed by atoms with Gasteiger partial charge in [0, 0.05) is 39.3 Å². The Kier molecular flexibility index (Phi) is 6.25. The molecule has 2 amide bonds. The van der Waals surface area contributed by atoms with Gasteiger partial charge >= 0.3 is 0 Å². The van der Waals surface area contributed by atoms with Gasteiger partial charge in [0.15, 0.2) is 0 Å². The Morgan fingerprint density at radius 3 is 2.47 bits per heavy atom. The fraction of sp³-hybridized carbons (Fsp3) is 0.583. The van der Waals surface area contributed by atoms with E-state index < -0.39 is 0 Å². The van der Waals surface area contributed by atoms with Crippen molar-refractivity contribution in [3.8, 4) is 0 Å². The predicted octanol–water partition coefficient (Wildman–Crippen LogP) is 2.45. The summed E-state index contributed by atoms with van der Waals surface area (Å²) in [6, 6.07) is 6.08. The second-order valence-corrected chi connectivity index (χ2v) is 8.93. The number of aryl methyl sites for hydroxylation is 2. The third-order valence-electron chi connectivity index (χ3n) is 6.66. The number of amides is 2. The Balaban J connectivity index is 1.64. The predicted molar refractivity (Wildman–Crippen MR) is 117 cm³/mol. The Hall–Kier alpha value is -2.18. The molecule has 0 aromatic heterocycles. The van der Waals surface area contributed by atoms with E-state index in [1.54, 1.807) is 0 Å². The number of ether oxygens (including phenoxy) is 1. The van der Waals surface area contributed by atoms with E-state index in [4.69, 9.17) is 4.74 Å². The number of piperidine rings is 1. The van der Waals surface area contributed by atoms with E-state index in [2.05, 4.69) is 36.6 Å². The number of likely N-dealkylation sites (tertiary alicyclic amines) is 1. The van der Waals surface area contributed by atoms with Gasteiger partial charge in [-0.15, -0.1) is 0 Å². The molecule has 1 atom stereocenters. The first-order chi connectivity index (χ1) is 14.5. The van der Waals surface area contributed by atoms with Crippen LogP contribution in [-0.4, -0.2) is 79.0 Å². The highest BCUT2D eigenvalue weighted by Gasteiger charge is 2.42. The molecule has 0 saturated carbocycles. The van der Waals surface area contributed by atoms with Crippen molar-refractivity contribution < 1.29 is 14.3 Å². The summed E-state index contributed by atoms with van der Waals surface area (Å²) in [7, 11) is 0. The van der Waals surface area contributed by atoms with Crippen molar-refractivity contribution in [1.29, 1.82) is 0 Å². The number of nitrogens with zero attached hydrogens (tertiary/aromatic N) is 3. The summed E-state index contributed by atoms with van der Waals surface area (Å²) in [6.07, 6.45) is 2.23. The van der Waals surface area contributed by atoms with Crippen molar-refractivity contribution in [2.75, 3.05) is 52.5 Å². The summed E-state index contributed by atoms with van der Waals surface area (Å²) in [4.78, 5) is 32.9. The number of hydrogen-bond acceptors (Lipinski definition) is 5. The molecular weight excluding hydrogens is 378 g/mol. The molecule has 2 fully saturated rings. The molecule has 3 heterocycles. The van der Waals surface area contributed by atoms with E-state index in [1.807, 2.05) is 12.1 Å². The largest absolute Gasteiger partial charge is 0.379 e. The molecule has 0 spiro atoms. The standard InChI is InChI=1S/C24H33N3O3/c1-17-5-4-8-26(16-17)22-21(20-7-6-18(2)19(3)15-20)23(28)27(24(22)29)10-9-25-11-13-30-14-12-25/h6-7,15,17H,4-5,8-14,16H2,1-3H3. The van der Waals surface area contributed by atoms with Gasteiger partial charge in [-0.25, -0.2) is 0 Å². The Bertz CT molecular complexity index is 857.